The largest absolute Gasteiger partial charge is 0.466 e. The minimum Gasteiger partial charge on any atom is -0.466 e. The van der Waals surface area contributed by atoms with Gasteiger partial charge in [-0.15, -0.1) is 11.3 Å². The number of fused-ring (bicyclic) bond motifs is 1. The highest BCUT2D eigenvalue weighted by atomic mass is 32.1. The van der Waals surface area contributed by atoms with Crippen molar-refractivity contribution in [2.75, 3.05) is 26.7 Å². The number of amides is 2. The quantitative estimate of drug-likeness (QED) is 0.772. The van der Waals surface area contributed by atoms with Crippen LogP contribution in [0.2, 0.25) is 0 Å². The summed E-state index contributed by atoms with van der Waals surface area (Å²) < 4.78 is 6.21. The molecule has 29 heavy (non-hydrogen) atoms. The van der Waals surface area contributed by atoms with Crippen molar-refractivity contribution in [3.8, 4) is 0 Å². The molecule has 3 heterocycles. The average Bonchev–Trinajstić information content (AvgIpc) is 3.23. The third-order valence-corrected chi connectivity index (χ3v) is 7.34. The van der Waals surface area contributed by atoms with Crippen molar-refractivity contribution < 1.29 is 24.2 Å². The van der Waals surface area contributed by atoms with Crippen LogP contribution in [-0.4, -0.2) is 71.1 Å². The van der Waals surface area contributed by atoms with E-state index < -0.39 is 29.4 Å². The number of hydrogen-bond donors (Lipinski definition) is 1. The van der Waals surface area contributed by atoms with Crippen LogP contribution in [0.5, 0.6) is 0 Å². The first-order valence-corrected chi connectivity index (χ1v) is 10.6. The fourth-order valence-corrected chi connectivity index (χ4v) is 5.66. The number of carbonyl (C=O) groups is 3. The Labute approximate surface area is 172 Å². The molecule has 2 fully saturated rings. The van der Waals surface area contributed by atoms with Crippen molar-refractivity contribution >= 4 is 39.2 Å². The minimum atomic E-state index is -1.40. The first kappa shape index (κ1) is 19.8. The van der Waals surface area contributed by atoms with Gasteiger partial charge in [0.2, 0.25) is 0 Å². The lowest BCUT2D eigenvalue weighted by atomic mass is 9.76. The van der Waals surface area contributed by atoms with Crippen LogP contribution >= 0.6 is 11.3 Å². The van der Waals surface area contributed by atoms with Crippen LogP contribution in [0.1, 0.15) is 29.4 Å². The zero-order valence-electron chi connectivity index (χ0n) is 16.5. The van der Waals surface area contributed by atoms with Crippen LogP contribution in [-0.2, 0) is 14.3 Å². The Morgan fingerprint density at radius 3 is 2.62 bits per heavy atom. The van der Waals surface area contributed by atoms with Gasteiger partial charge in [-0.3, -0.25) is 14.4 Å². The molecule has 2 aliphatic heterocycles. The highest BCUT2D eigenvalue weighted by Crippen LogP contribution is 2.44. The first-order chi connectivity index (χ1) is 13.9. The Morgan fingerprint density at radius 2 is 1.97 bits per heavy atom. The lowest BCUT2D eigenvalue weighted by Crippen LogP contribution is -2.57. The Morgan fingerprint density at radius 1 is 1.28 bits per heavy atom. The normalized spacial score (nSPS) is 23.8. The second kappa shape index (κ2) is 7.42. The van der Waals surface area contributed by atoms with Gasteiger partial charge in [-0.05, 0) is 37.3 Å². The molecule has 4 rings (SSSR count). The lowest BCUT2D eigenvalue weighted by molar-refractivity contribution is -0.155. The number of aliphatic hydroxyl groups excluding tert-OH is 1. The number of rotatable bonds is 3. The molecular formula is C21H24N2O5S. The molecule has 1 N–H and O–H groups in total. The van der Waals surface area contributed by atoms with E-state index in [1.165, 1.54) is 16.2 Å². The summed E-state index contributed by atoms with van der Waals surface area (Å²) in [5, 5.41) is 11.4. The molecule has 2 atom stereocenters. The molecular weight excluding hydrogens is 392 g/mol. The maximum Gasteiger partial charge on any atom is 0.314 e. The fourth-order valence-electron chi connectivity index (χ4n) is 4.63. The second-order valence-corrected chi connectivity index (χ2v) is 8.70. The number of carbonyl (C=O) groups excluding carboxylic acids is 3. The maximum absolute atomic E-state index is 13.0. The van der Waals surface area contributed by atoms with Gasteiger partial charge in [0.25, 0.3) is 11.8 Å². The van der Waals surface area contributed by atoms with Gasteiger partial charge in [0.05, 0.1) is 17.0 Å². The van der Waals surface area contributed by atoms with Gasteiger partial charge in [0.15, 0.2) is 0 Å². The standard InChI is InChI=1S/C21H24N2O5S/c1-3-28-20(27)16-17(24)19(26)22(2)21(16)8-10-23(11-9-21)18(25)15-12-13-6-4-5-7-14(13)29-15/h4-7,12,16-17,24H,3,8-11H2,1-2H3/t16-,17+/m0/s1. The van der Waals surface area contributed by atoms with Crippen molar-refractivity contribution in [3.05, 3.63) is 35.2 Å². The molecule has 1 spiro atoms. The number of benzene rings is 1. The molecule has 154 valence electrons. The number of hydrogen-bond acceptors (Lipinski definition) is 6. The molecule has 1 aromatic carbocycles. The SMILES string of the molecule is CCOC(=O)[C@@H]1[C@@H](O)C(=O)N(C)C12CCN(C(=O)c1cc3ccccc3s1)CC2. The van der Waals surface area contributed by atoms with E-state index >= 15 is 0 Å². The van der Waals surface area contributed by atoms with Crippen LogP contribution < -0.4 is 0 Å². The van der Waals surface area contributed by atoms with E-state index in [1.54, 1.807) is 18.9 Å². The van der Waals surface area contributed by atoms with E-state index in [1.807, 2.05) is 30.3 Å². The molecule has 2 saturated heterocycles. The molecule has 0 unspecified atom stereocenters. The molecule has 0 radical (unpaired) electrons. The number of esters is 1. The Balaban J connectivity index is 1.54. The molecule has 2 aliphatic rings. The Kier molecular flexibility index (Phi) is 5.08. The number of ether oxygens (including phenoxy) is 1. The number of likely N-dealkylation sites (tertiary alicyclic amines) is 2. The summed E-state index contributed by atoms with van der Waals surface area (Å²) in [7, 11) is 1.62. The highest BCUT2D eigenvalue weighted by Gasteiger charge is 2.61. The van der Waals surface area contributed by atoms with Crippen LogP contribution in [0.4, 0.5) is 0 Å². The molecule has 0 bridgehead atoms. The predicted octanol–water partition coefficient (Wildman–Crippen LogP) is 1.89. The van der Waals surface area contributed by atoms with Gasteiger partial charge in [0.1, 0.15) is 12.0 Å². The van der Waals surface area contributed by atoms with Crippen molar-refractivity contribution in [1.29, 1.82) is 0 Å². The smallest absolute Gasteiger partial charge is 0.314 e. The molecule has 8 heteroatoms. The maximum atomic E-state index is 13.0. The van der Waals surface area contributed by atoms with Crippen LogP contribution in [0, 0.1) is 5.92 Å². The van der Waals surface area contributed by atoms with E-state index in [4.69, 9.17) is 4.74 Å². The summed E-state index contributed by atoms with van der Waals surface area (Å²) in [6, 6.07) is 9.78. The van der Waals surface area contributed by atoms with Crippen molar-refractivity contribution in [3.63, 3.8) is 0 Å². The van der Waals surface area contributed by atoms with E-state index in [0.29, 0.717) is 30.8 Å². The molecule has 1 aromatic heterocycles. The average molecular weight is 416 g/mol. The second-order valence-electron chi connectivity index (χ2n) is 7.62. The van der Waals surface area contributed by atoms with Gasteiger partial charge < -0.3 is 19.6 Å². The van der Waals surface area contributed by atoms with E-state index in [2.05, 4.69) is 0 Å². The number of thiophene rings is 1. The predicted molar refractivity (Wildman–Crippen MR) is 109 cm³/mol. The summed E-state index contributed by atoms with van der Waals surface area (Å²) in [5.41, 5.74) is -0.820. The van der Waals surface area contributed by atoms with Gasteiger partial charge in [-0.2, -0.15) is 0 Å². The first-order valence-electron chi connectivity index (χ1n) is 9.79. The Hall–Kier alpha value is -2.45. The molecule has 7 nitrogen and oxygen atoms in total. The summed E-state index contributed by atoms with van der Waals surface area (Å²) in [5.74, 6) is -1.99. The van der Waals surface area contributed by atoms with Gasteiger partial charge >= 0.3 is 5.97 Å². The highest BCUT2D eigenvalue weighted by molar-refractivity contribution is 7.20. The molecule has 2 aromatic rings. The number of piperidine rings is 1. The molecule has 0 aliphatic carbocycles. The third-order valence-electron chi connectivity index (χ3n) is 6.24. The molecule has 0 saturated carbocycles. The topological polar surface area (TPSA) is 87.2 Å². The van der Waals surface area contributed by atoms with E-state index in [-0.39, 0.29) is 12.5 Å². The fraction of sp³-hybridized carbons (Fsp3) is 0.476. The number of nitrogens with zero attached hydrogens (tertiary/aromatic N) is 2. The lowest BCUT2D eigenvalue weighted by Gasteiger charge is -2.45. The monoisotopic (exact) mass is 416 g/mol. The van der Waals surface area contributed by atoms with Crippen molar-refractivity contribution in [2.45, 2.75) is 31.4 Å². The van der Waals surface area contributed by atoms with Crippen LogP contribution in [0.25, 0.3) is 10.1 Å². The molecule has 2 amide bonds. The Bertz CT molecular complexity index is 930. The van der Waals surface area contributed by atoms with Crippen molar-refractivity contribution in [2.24, 2.45) is 5.92 Å². The third kappa shape index (κ3) is 3.11. The zero-order valence-corrected chi connectivity index (χ0v) is 17.3. The van der Waals surface area contributed by atoms with Crippen molar-refractivity contribution in [1.82, 2.24) is 9.80 Å². The number of aliphatic hydroxyl groups is 1. The van der Waals surface area contributed by atoms with Crippen LogP contribution in [0.3, 0.4) is 0 Å². The number of likely N-dealkylation sites (N-methyl/N-ethyl adjacent to an activating group) is 1. The summed E-state index contributed by atoms with van der Waals surface area (Å²) >= 11 is 1.47. The summed E-state index contributed by atoms with van der Waals surface area (Å²) in [6.07, 6.45) is -0.553. The summed E-state index contributed by atoms with van der Waals surface area (Å²) in [6.45, 7) is 2.71. The van der Waals surface area contributed by atoms with Crippen LogP contribution in [0.15, 0.2) is 30.3 Å². The summed E-state index contributed by atoms with van der Waals surface area (Å²) in [4.78, 5) is 41.9. The minimum absolute atomic E-state index is 0.0405. The van der Waals surface area contributed by atoms with Gasteiger partial charge in [-0.1, -0.05) is 18.2 Å². The zero-order chi connectivity index (χ0) is 20.8. The van der Waals surface area contributed by atoms with Gasteiger partial charge in [0, 0.05) is 24.8 Å². The van der Waals surface area contributed by atoms with E-state index in [9.17, 15) is 19.5 Å². The van der Waals surface area contributed by atoms with E-state index in [0.717, 1.165) is 10.1 Å². The van der Waals surface area contributed by atoms with Gasteiger partial charge in [-0.25, -0.2) is 0 Å².